The van der Waals surface area contributed by atoms with Crippen LogP contribution in [0.3, 0.4) is 0 Å². The molecule has 1 aliphatic rings. The summed E-state index contributed by atoms with van der Waals surface area (Å²) >= 11 is 0. The molecule has 3 rings (SSSR count). The second-order valence-corrected chi connectivity index (χ2v) is 8.72. The number of hydrogen-bond donors (Lipinski definition) is 2. The third kappa shape index (κ3) is 4.84. The van der Waals surface area contributed by atoms with Gasteiger partial charge in [0.1, 0.15) is 5.75 Å². The van der Waals surface area contributed by atoms with Crippen molar-refractivity contribution in [1.29, 1.82) is 0 Å². The molecule has 0 radical (unpaired) electrons. The Bertz CT molecular complexity index is 904. The van der Waals surface area contributed by atoms with Gasteiger partial charge in [0.25, 0.3) is 0 Å². The highest BCUT2D eigenvalue weighted by atomic mass is 32.2. The Morgan fingerprint density at radius 1 is 1.07 bits per heavy atom. The fraction of sp³-hybridized carbons (Fsp3) is 0.381. The third-order valence-corrected chi connectivity index (χ3v) is 6.61. The van der Waals surface area contributed by atoms with E-state index >= 15 is 0 Å². The summed E-state index contributed by atoms with van der Waals surface area (Å²) in [6.07, 6.45) is 4.30. The molecular weight excluding hydrogens is 376 g/mol. The van der Waals surface area contributed by atoms with Crippen LogP contribution >= 0.6 is 0 Å². The molecule has 1 fully saturated rings. The number of amides is 1. The van der Waals surface area contributed by atoms with E-state index in [-0.39, 0.29) is 28.3 Å². The molecular formula is C21H26N2O4S. The van der Waals surface area contributed by atoms with Gasteiger partial charge >= 0.3 is 0 Å². The van der Waals surface area contributed by atoms with Gasteiger partial charge in [-0.2, -0.15) is 0 Å². The van der Waals surface area contributed by atoms with Crippen LogP contribution in [0.15, 0.2) is 58.3 Å². The Balaban J connectivity index is 1.73. The quantitative estimate of drug-likeness (QED) is 0.707. The van der Waals surface area contributed by atoms with Crippen LogP contribution in [-0.2, 0) is 14.6 Å². The lowest BCUT2D eigenvalue weighted by molar-refractivity contribution is -0.120. The molecule has 0 unspecified atom stereocenters. The minimum Gasteiger partial charge on any atom is -0.494 e. The van der Waals surface area contributed by atoms with Crippen LogP contribution in [0.2, 0.25) is 0 Å². The predicted molar refractivity (Wildman–Crippen MR) is 108 cm³/mol. The van der Waals surface area contributed by atoms with E-state index in [1.54, 1.807) is 36.4 Å². The third-order valence-electron chi connectivity index (χ3n) is 4.78. The first-order chi connectivity index (χ1) is 13.5. The number of benzene rings is 2. The molecule has 0 spiro atoms. The number of ether oxygens (including phenoxy) is 1. The van der Waals surface area contributed by atoms with Crippen molar-refractivity contribution in [2.75, 3.05) is 18.5 Å². The second kappa shape index (κ2) is 9.10. The summed E-state index contributed by atoms with van der Waals surface area (Å²) in [5, 5.41) is 5.97. The average Bonchev–Trinajstić information content (AvgIpc) is 3.20. The first kappa shape index (κ1) is 20.2. The zero-order valence-electron chi connectivity index (χ0n) is 16.0. The average molecular weight is 403 g/mol. The summed E-state index contributed by atoms with van der Waals surface area (Å²) in [6.45, 7) is 2.42. The number of para-hydroxylation sites is 1. The first-order valence-electron chi connectivity index (χ1n) is 9.61. The van der Waals surface area contributed by atoms with Gasteiger partial charge in [0.15, 0.2) is 0 Å². The SMILES string of the molecule is CCOc1ccc(S(=O)(=O)c2ccccc2NCC(=O)NC2CCCC2)cc1. The number of sulfone groups is 1. The molecule has 0 aliphatic heterocycles. The Morgan fingerprint density at radius 2 is 1.75 bits per heavy atom. The van der Waals surface area contributed by atoms with E-state index in [0.717, 1.165) is 25.7 Å². The van der Waals surface area contributed by atoms with E-state index in [2.05, 4.69) is 10.6 Å². The minimum absolute atomic E-state index is 0.0340. The van der Waals surface area contributed by atoms with Gasteiger partial charge < -0.3 is 15.4 Å². The van der Waals surface area contributed by atoms with Crippen molar-refractivity contribution in [3.8, 4) is 5.75 Å². The van der Waals surface area contributed by atoms with E-state index in [4.69, 9.17) is 4.74 Å². The summed E-state index contributed by atoms with van der Waals surface area (Å²) < 4.78 is 31.5. The molecule has 6 nitrogen and oxygen atoms in total. The summed E-state index contributed by atoms with van der Waals surface area (Å²) in [4.78, 5) is 12.5. The zero-order chi connectivity index (χ0) is 20.0. The maximum absolute atomic E-state index is 13.1. The lowest BCUT2D eigenvalue weighted by Gasteiger charge is -2.15. The van der Waals surface area contributed by atoms with Gasteiger partial charge in [-0.15, -0.1) is 0 Å². The van der Waals surface area contributed by atoms with Crippen molar-refractivity contribution < 1.29 is 17.9 Å². The number of rotatable bonds is 8. The van der Waals surface area contributed by atoms with Crippen molar-refractivity contribution in [3.05, 3.63) is 48.5 Å². The highest BCUT2D eigenvalue weighted by molar-refractivity contribution is 7.91. The van der Waals surface area contributed by atoms with Crippen molar-refractivity contribution in [2.45, 2.75) is 48.4 Å². The second-order valence-electron chi connectivity index (χ2n) is 6.81. The summed E-state index contributed by atoms with van der Waals surface area (Å²) in [7, 11) is -3.72. The minimum atomic E-state index is -3.72. The van der Waals surface area contributed by atoms with Crippen LogP contribution < -0.4 is 15.4 Å². The molecule has 0 bridgehead atoms. The van der Waals surface area contributed by atoms with E-state index < -0.39 is 9.84 Å². The van der Waals surface area contributed by atoms with E-state index in [0.29, 0.717) is 18.0 Å². The van der Waals surface area contributed by atoms with Crippen molar-refractivity contribution >= 4 is 21.4 Å². The first-order valence-corrected chi connectivity index (χ1v) is 11.1. The molecule has 0 saturated heterocycles. The molecule has 28 heavy (non-hydrogen) atoms. The molecule has 2 aromatic rings. The van der Waals surface area contributed by atoms with Crippen molar-refractivity contribution in [2.24, 2.45) is 0 Å². The fourth-order valence-corrected chi connectivity index (χ4v) is 4.82. The van der Waals surface area contributed by atoms with Gasteiger partial charge in [0, 0.05) is 6.04 Å². The zero-order valence-corrected chi connectivity index (χ0v) is 16.8. The smallest absolute Gasteiger partial charge is 0.239 e. The molecule has 1 saturated carbocycles. The van der Waals surface area contributed by atoms with Gasteiger partial charge in [-0.1, -0.05) is 25.0 Å². The molecule has 0 atom stereocenters. The predicted octanol–water partition coefficient (Wildman–Crippen LogP) is 3.39. The van der Waals surface area contributed by atoms with Gasteiger partial charge in [0.05, 0.1) is 28.6 Å². The monoisotopic (exact) mass is 402 g/mol. The summed E-state index contributed by atoms with van der Waals surface area (Å²) in [6, 6.07) is 13.2. The number of anilines is 1. The molecule has 2 aromatic carbocycles. The molecule has 0 aromatic heterocycles. The van der Waals surface area contributed by atoms with Crippen LogP contribution in [0.4, 0.5) is 5.69 Å². The molecule has 1 aliphatic carbocycles. The topological polar surface area (TPSA) is 84.5 Å². The number of carbonyl (C=O) groups excluding carboxylic acids is 1. The van der Waals surface area contributed by atoms with Gasteiger partial charge in [-0.05, 0) is 56.2 Å². The van der Waals surface area contributed by atoms with Gasteiger partial charge in [-0.3, -0.25) is 4.79 Å². The van der Waals surface area contributed by atoms with Crippen LogP contribution in [0, 0.1) is 0 Å². The Morgan fingerprint density at radius 3 is 2.43 bits per heavy atom. The Kier molecular flexibility index (Phi) is 6.57. The van der Waals surface area contributed by atoms with Crippen molar-refractivity contribution in [3.63, 3.8) is 0 Å². The Hall–Kier alpha value is -2.54. The molecule has 1 amide bonds. The van der Waals surface area contributed by atoms with Gasteiger partial charge in [0.2, 0.25) is 15.7 Å². The maximum atomic E-state index is 13.1. The molecule has 2 N–H and O–H groups in total. The van der Waals surface area contributed by atoms with E-state index in [1.807, 2.05) is 6.92 Å². The Labute approximate surface area is 166 Å². The van der Waals surface area contributed by atoms with Gasteiger partial charge in [-0.25, -0.2) is 8.42 Å². The largest absolute Gasteiger partial charge is 0.494 e. The standard InChI is InChI=1S/C21H26N2O4S/c1-2-27-17-11-13-18(14-12-17)28(25,26)20-10-6-5-9-19(20)22-15-21(24)23-16-7-3-4-8-16/h5-6,9-14,16,22H,2-4,7-8,15H2,1H3,(H,23,24). The number of hydrogen-bond acceptors (Lipinski definition) is 5. The van der Waals surface area contributed by atoms with Crippen LogP contribution in [0.25, 0.3) is 0 Å². The summed E-state index contributed by atoms with van der Waals surface area (Å²) in [5.41, 5.74) is 0.415. The molecule has 0 heterocycles. The lowest BCUT2D eigenvalue weighted by Crippen LogP contribution is -2.36. The highest BCUT2D eigenvalue weighted by Crippen LogP contribution is 2.28. The highest BCUT2D eigenvalue weighted by Gasteiger charge is 2.22. The van der Waals surface area contributed by atoms with E-state index in [1.165, 1.54) is 12.1 Å². The lowest BCUT2D eigenvalue weighted by atomic mass is 10.2. The number of carbonyl (C=O) groups is 1. The van der Waals surface area contributed by atoms with E-state index in [9.17, 15) is 13.2 Å². The summed E-state index contributed by atoms with van der Waals surface area (Å²) in [5.74, 6) is 0.497. The van der Waals surface area contributed by atoms with Crippen molar-refractivity contribution in [1.82, 2.24) is 5.32 Å². The van der Waals surface area contributed by atoms with Crippen LogP contribution in [0.5, 0.6) is 5.75 Å². The van der Waals surface area contributed by atoms with Crippen LogP contribution in [-0.4, -0.2) is 33.5 Å². The molecule has 150 valence electrons. The normalized spacial score (nSPS) is 14.6. The number of nitrogens with one attached hydrogen (secondary N) is 2. The maximum Gasteiger partial charge on any atom is 0.239 e. The fourth-order valence-electron chi connectivity index (χ4n) is 3.38. The van der Waals surface area contributed by atoms with Crippen LogP contribution in [0.1, 0.15) is 32.6 Å². The molecule has 7 heteroatoms.